The third-order valence-electron chi connectivity index (χ3n) is 3.09. The van der Waals surface area contributed by atoms with Gasteiger partial charge in [-0.3, -0.25) is 19.9 Å². The molecule has 6 nitrogen and oxygen atoms in total. The van der Waals surface area contributed by atoms with Crippen molar-refractivity contribution < 1.29 is 4.79 Å². The van der Waals surface area contributed by atoms with Gasteiger partial charge in [-0.1, -0.05) is 6.07 Å². The number of aryl methyl sites for hydroxylation is 1. The molecule has 0 aliphatic rings. The van der Waals surface area contributed by atoms with Gasteiger partial charge in [-0.25, -0.2) is 0 Å². The minimum Gasteiger partial charge on any atom is -0.319 e. The van der Waals surface area contributed by atoms with Crippen LogP contribution in [0.25, 0.3) is 11.4 Å². The van der Waals surface area contributed by atoms with Crippen LogP contribution in [0.1, 0.15) is 15.9 Å². The van der Waals surface area contributed by atoms with E-state index in [-0.39, 0.29) is 5.91 Å². The standard InChI is InChI=1S/C15H13N5O/c1-10-5-7-16-8-11(10)15(21)19-13-9-18-20-14(13)12-4-2-3-6-17-12/h2-9H,1H3,(H,18,20)(H,19,21). The van der Waals surface area contributed by atoms with Crippen molar-refractivity contribution >= 4 is 11.6 Å². The van der Waals surface area contributed by atoms with Crippen molar-refractivity contribution in [3.05, 3.63) is 60.2 Å². The van der Waals surface area contributed by atoms with Gasteiger partial charge in [0.1, 0.15) is 5.69 Å². The number of anilines is 1. The van der Waals surface area contributed by atoms with Crippen LogP contribution in [0.3, 0.4) is 0 Å². The van der Waals surface area contributed by atoms with Crippen molar-refractivity contribution in [3.63, 3.8) is 0 Å². The first-order chi connectivity index (χ1) is 10.3. The number of aromatic nitrogens is 4. The lowest BCUT2D eigenvalue weighted by Gasteiger charge is -2.07. The first kappa shape index (κ1) is 13.0. The summed E-state index contributed by atoms with van der Waals surface area (Å²) in [6, 6.07) is 7.35. The number of pyridine rings is 2. The molecule has 0 fully saturated rings. The Labute approximate surface area is 121 Å². The van der Waals surface area contributed by atoms with Gasteiger partial charge in [-0.2, -0.15) is 5.10 Å². The predicted molar refractivity (Wildman–Crippen MR) is 78.7 cm³/mol. The van der Waals surface area contributed by atoms with Crippen LogP contribution in [-0.4, -0.2) is 26.1 Å². The number of carbonyl (C=O) groups is 1. The highest BCUT2D eigenvalue weighted by atomic mass is 16.1. The Bertz CT molecular complexity index is 766. The van der Waals surface area contributed by atoms with Crippen molar-refractivity contribution in [2.24, 2.45) is 0 Å². The van der Waals surface area contributed by atoms with Crippen LogP contribution in [0.5, 0.6) is 0 Å². The first-order valence-corrected chi connectivity index (χ1v) is 6.42. The maximum absolute atomic E-state index is 12.3. The molecule has 3 aromatic heterocycles. The molecule has 0 saturated carbocycles. The molecular weight excluding hydrogens is 266 g/mol. The Morgan fingerprint density at radius 3 is 2.86 bits per heavy atom. The molecule has 1 amide bonds. The Morgan fingerprint density at radius 2 is 2.10 bits per heavy atom. The van der Waals surface area contributed by atoms with Gasteiger partial charge in [0.25, 0.3) is 5.91 Å². The highest BCUT2D eigenvalue weighted by molar-refractivity contribution is 6.06. The average molecular weight is 279 g/mol. The summed E-state index contributed by atoms with van der Waals surface area (Å²) in [7, 11) is 0. The fourth-order valence-corrected chi connectivity index (χ4v) is 1.98. The largest absolute Gasteiger partial charge is 0.319 e. The molecule has 0 aliphatic heterocycles. The summed E-state index contributed by atoms with van der Waals surface area (Å²) >= 11 is 0. The molecule has 0 bridgehead atoms. The number of H-pyrrole nitrogens is 1. The fraction of sp³-hybridized carbons (Fsp3) is 0.0667. The molecule has 0 spiro atoms. The predicted octanol–water partition coefficient (Wildman–Crippen LogP) is 2.43. The van der Waals surface area contributed by atoms with Gasteiger partial charge >= 0.3 is 0 Å². The Balaban J connectivity index is 1.89. The van der Waals surface area contributed by atoms with Gasteiger partial charge in [0.15, 0.2) is 0 Å². The van der Waals surface area contributed by atoms with Crippen LogP contribution in [0.15, 0.2) is 49.1 Å². The van der Waals surface area contributed by atoms with E-state index >= 15 is 0 Å². The minimum atomic E-state index is -0.223. The van der Waals surface area contributed by atoms with E-state index in [9.17, 15) is 4.79 Å². The quantitative estimate of drug-likeness (QED) is 0.771. The van der Waals surface area contributed by atoms with E-state index in [1.807, 2.05) is 25.1 Å². The monoisotopic (exact) mass is 279 g/mol. The van der Waals surface area contributed by atoms with E-state index < -0.39 is 0 Å². The lowest BCUT2D eigenvalue weighted by molar-refractivity contribution is 0.102. The van der Waals surface area contributed by atoms with Gasteiger partial charge in [0.05, 0.1) is 23.1 Å². The molecule has 0 atom stereocenters. The highest BCUT2D eigenvalue weighted by Crippen LogP contribution is 2.23. The van der Waals surface area contributed by atoms with Crippen LogP contribution >= 0.6 is 0 Å². The number of rotatable bonds is 3. The number of nitrogens with zero attached hydrogens (tertiary/aromatic N) is 3. The van der Waals surface area contributed by atoms with Crippen LogP contribution in [0.4, 0.5) is 5.69 Å². The summed E-state index contributed by atoms with van der Waals surface area (Å²) in [4.78, 5) is 20.5. The second-order valence-corrected chi connectivity index (χ2v) is 4.52. The fourth-order valence-electron chi connectivity index (χ4n) is 1.98. The molecule has 0 saturated heterocycles. The zero-order chi connectivity index (χ0) is 14.7. The van der Waals surface area contributed by atoms with Gasteiger partial charge in [-0.05, 0) is 30.7 Å². The molecule has 3 aromatic rings. The number of aromatic amines is 1. The molecule has 0 aliphatic carbocycles. The molecule has 3 rings (SSSR count). The number of amides is 1. The van der Waals surface area contributed by atoms with Crippen molar-refractivity contribution in [2.75, 3.05) is 5.32 Å². The number of hydrogen-bond donors (Lipinski definition) is 2. The molecule has 104 valence electrons. The van der Waals surface area contributed by atoms with E-state index in [0.717, 1.165) is 5.56 Å². The molecular formula is C15H13N5O. The smallest absolute Gasteiger partial charge is 0.257 e. The maximum atomic E-state index is 12.3. The summed E-state index contributed by atoms with van der Waals surface area (Å²) in [6.45, 7) is 1.87. The Morgan fingerprint density at radius 1 is 1.19 bits per heavy atom. The minimum absolute atomic E-state index is 0.223. The summed E-state index contributed by atoms with van der Waals surface area (Å²) < 4.78 is 0. The van der Waals surface area contributed by atoms with Gasteiger partial charge in [-0.15, -0.1) is 0 Å². The normalized spacial score (nSPS) is 10.3. The molecule has 3 heterocycles. The molecule has 21 heavy (non-hydrogen) atoms. The van der Waals surface area contributed by atoms with Gasteiger partial charge in [0.2, 0.25) is 0 Å². The van der Waals surface area contributed by atoms with Crippen molar-refractivity contribution in [1.29, 1.82) is 0 Å². The SMILES string of the molecule is Cc1ccncc1C(=O)Nc1cn[nH]c1-c1ccccn1. The molecule has 0 aromatic carbocycles. The number of carbonyl (C=O) groups excluding carboxylic acids is 1. The topological polar surface area (TPSA) is 83.6 Å². The maximum Gasteiger partial charge on any atom is 0.257 e. The van der Waals surface area contributed by atoms with Crippen LogP contribution in [0, 0.1) is 6.92 Å². The lowest BCUT2D eigenvalue weighted by atomic mass is 10.1. The lowest BCUT2D eigenvalue weighted by Crippen LogP contribution is -2.13. The second kappa shape index (κ2) is 5.54. The molecule has 0 radical (unpaired) electrons. The Kier molecular flexibility index (Phi) is 3.42. The van der Waals surface area contributed by atoms with E-state index in [1.165, 1.54) is 0 Å². The van der Waals surface area contributed by atoms with E-state index in [1.54, 1.807) is 30.9 Å². The zero-order valence-corrected chi connectivity index (χ0v) is 11.4. The van der Waals surface area contributed by atoms with Gasteiger partial charge in [0, 0.05) is 18.6 Å². The summed E-state index contributed by atoms with van der Waals surface area (Å²) in [5.41, 5.74) is 3.37. The molecule has 6 heteroatoms. The number of nitrogens with one attached hydrogen (secondary N) is 2. The third-order valence-corrected chi connectivity index (χ3v) is 3.09. The highest BCUT2D eigenvalue weighted by Gasteiger charge is 2.14. The summed E-state index contributed by atoms with van der Waals surface area (Å²) in [5, 5.41) is 9.66. The Hall–Kier alpha value is -3.02. The van der Waals surface area contributed by atoms with Gasteiger partial charge < -0.3 is 5.32 Å². The van der Waals surface area contributed by atoms with Crippen molar-refractivity contribution in [1.82, 2.24) is 20.2 Å². The van der Waals surface area contributed by atoms with E-state index in [4.69, 9.17) is 0 Å². The van der Waals surface area contributed by atoms with Crippen LogP contribution in [-0.2, 0) is 0 Å². The molecule has 2 N–H and O–H groups in total. The molecule has 0 unspecified atom stereocenters. The summed E-state index contributed by atoms with van der Waals surface area (Å²) in [5.74, 6) is -0.223. The van der Waals surface area contributed by atoms with E-state index in [2.05, 4.69) is 25.5 Å². The van der Waals surface area contributed by atoms with Crippen molar-refractivity contribution in [2.45, 2.75) is 6.92 Å². The first-order valence-electron chi connectivity index (χ1n) is 6.42. The van der Waals surface area contributed by atoms with Crippen LogP contribution in [0.2, 0.25) is 0 Å². The van der Waals surface area contributed by atoms with Crippen LogP contribution < -0.4 is 5.32 Å². The third kappa shape index (κ3) is 2.64. The number of hydrogen-bond acceptors (Lipinski definition) is 4. The summed E-state index contributed by atoms with van der Waals surface area (Å²) in [6.07, 6.45) is 6.45. The zero-order valence-electron chi connectivity index (χ0n) is 11.4. The van der Waals surface area contributed by atoms with E-state index in [0.29, 0.717) is 22.6 Å². The second-order valence-electron chi connectivity index (χ2n) is 4.52. The average Bonchev–Trinajstić information content (AvgIpc) is 2.96. The van der Waals surface area contributed by atoms with Crippen molar-refractivity contribution in [3.8, 4) is 11.4 Å².